The van der Waals surface area contributed by atoms with Crippen LogP contribution in [0.25, 0.3) is 0 Å². The lowest BCUT2D eigenvalue weighted by Gasteiger charge is -2.36. The zero-order valence-corrected chi connectivity index (χ0v) is 13.6. The molecule has 0 aromatic carbocycles. The topological polar surface area (TPSA) is 24.9 Å². The van der Waals surface area contributed by atoms with Gasteiger partial charge in [0, 0.05) is 46.0 Å². The number of nitrogens with zero attached hydrogens (tertiary/aromatic N) is 1. The van der Waals surface area contributed by atoms with Gasteiger partial charge in [-0.05, 0) is 19.5 Å². The molecule has 1 aromatic heterocycles. The van der Waals surface area contributed by atoms with E-state index in [-0.39, 0.29) is 16.9 Å². The molecule has 1 aliphatic rings. The lowest BCUT2D eigenvalue weighted by molar-refractivity contribution is -0.138. The van der Waals surface area contributed by atoms with E-state index < -0.39 is 11.7 Å². The summed E-state index contributed by atoms with van der Waals surface area (Å²) in [5.74, 6) is 2.04. The summed E-state index contributed by atoms with van der Waals surface area (Å²) in [5, 5.41) is 3.58. The van der Waals surface area contributed by atoms with Gasteiger partial charge in [-0.1, -0.05) is 6.92 Å². The minimum atomic E-state index is -4.35. The molecule has 7 heteroatoms. The van der Waals surface area contributed by atoms with Crippen molar-refractivity contribution in [3.8, 4) is 0 Å². The Bertz CT molecular complexity index is 468. The maximum atomic E-state index is 13.2. The Morgan fingerprint density at radius 1 is 1.38 bits per heavy atom. The van der Waals surface area contributed by atoms with E-state index in [1.165, 1.54) is 12.4 Å². The van der Waals surface area contributed by atoms with Gasteiger partial charge in [0.2, 0.25) is 0 Å². The predicted molar refractivity (Wildman–Crippen MR) is 83.8 cm³/mol. The molecule has 1 aromatic rings. The first kappa shape index (κ1) is 17.0. The monoisotopic (exact) mass is 336 g/mol. The minimum Gasteiger partial charge on any atom is -0.312 e. The van der Waals surface area contributed by atoms with E-state index in [0.29, 0.717) is 5.25 Å². The maximum Gasteiger partial charge on any atom is 0.416 e. The van der Waals surface area contributed by atoms with Crippen LogP contribution in [0.5, 0.6) is 0 Å². The van der Waals surface area contributed by atoms with E-state index in [9.17, 15) is 13.2 Å². The zero-order chi connectivity index (χ0) is 15.5. The molecular weight excluding hydrogens is 317 g/mol. The fourth-order valence-electron chi connectivity index (χ4n) is 2.66. The third kappa shape index (κ3) is 3.87. The first-order chi connectivity index (χ1) is 9.99. The molecule has 2 heterocycles. The second-order valence-electron chi connectivity index (χ2n) is 4.88. The summed E-state index contributed by atoms with van der Waals surface area (Å²) in [4.78, 5) is 3.92. The molecule has 0 radical (unpaired) electrons. The number of nitrogens with one attached hydrogen (secondary N) is 1. The van der Waals surface area contributed by atoms with Crippen LogP contribution in [0.4, 0.5) is 13.2 Å². The average molecular weight is 336 g/mol. The Balaban J connectivity index is 2.37. The van der Waals surface area contributed by atoms with Gasteiger partial charge in [0.25, 0.3) is 0 Å². The highest BCUT2D eigenvalue weighted by molar-refractivity contribution is 8.07. The highest BCUT2D eigenvalue weighted by Crippen LogP contribution is 2.43. The van der Waals surface area contributed by atoms with Gasteiger partial charge in [0.1, 0.15) is 0 Å². The molecule has 0 saturated carbocycles. The van der Waals surface area contributed by atoms with Crippen LogP contribution in [0.1, 0.15) is 30.5 Å². The van der Waals surface area contributed by atoms with E-state index >= 15 is 0 Å². The van der Waals surface area contributed by atoms with Gasteiger partial charge in [-0.25, -0.2) is 0 Å². The summed E-state index contributed by atoms with van der Waals surface area (Å²) in [6, 6.07) is 0.736. The van der Waals surface area contributed by atoms with Crippen molar-refractivity contribution >= 4 is 23.5 Å². The van der Waals surface area contributed by atoms with E-state index in [1.807, 2.05) is 11.8 Å². The van der Waals surface area contributed by atoms with Gasteiger partial charge in [-0.2, -0.15) is 36.7 Å². The molecule has 0 aliphatic carbocycles. The Morgan fingerprint density at radius 2 is 2.10 bits per heavy atom. The van der Waals surface area contributed by atoms with E-state index in [0.717, 1.165) is 24.0 Å². The fourth-order valence-corrected chi connectivity index (χ4v) is 5.94. The Hall–Kier alpha value is -0.400. The second kappa shape index (κ2) is 7.24. The van der Waals surface area contributed by atoms with E-state index in [4.69, 9.17) is 0 Å². The highest BCUT2D eigenvalue weighted by atomic mass is 32.2. The molecular formula is C14H19F3N2S2. The average Bonchev–Trinajstić information content (AvgIpc) is 2.48. The van der Waals surface area contributed by atoms with Crippen LogP contribution in [-0.2, 0) is 6.18 Å². The molecule has 0 spiro atoms. The molecule has 2 rings (SSSR count). The first-order valence-corrected chi connectivity index (χ1v) is 9.00. The van der Waals surface area contributed by atoms with Crippen LogP contribution in [0.2, 0.25) is 0 Å². The third-order valence-electron chi connectivity index (χ3n) is 3.63. The van der Waals surface area contributed by atoms with Crippen molar-refractivity contribution in [2.75, 3.05) is 18.6 Å². The lowest BCUT2D eigenvalue weighted by atomic mass is 9.97. The fraction of sp³-hybridized carbons (Fsp3) is 0.643. The lowest BCUT2D eigenvalue weighted by Crippen LogP contribution is -2.38. The number of halogens is 3. The summed E-state index contributed by atoms with van der Waals surface area (Å²) >= 11 is 3.62. The SMILES string of the molecule is CCC1SCCSC1C(NC)c1cnccc1C(F)(F)F. The summed E-state index contributed by atoms with van der Waals surface area (Å²) in [5.41, 5.74) is -0.325. The van der Waals surface area contributed by atoms with Gasteiger partial charge in [-0.15, -0.1) is 0 Å². The third-order valence-corrected chi connectivity index (χ3v) is 6.98. The summed E-state index contributed by atoms with van der Waals surface area (Å²) in [6.07, 6.45) is -0.820. The summed E-state index contributed by atoms with van der Waals surface area (Å²) in [6.45, 7) is 2.09. The number of hydrogen-bond donors (Lipinski definition) is 1. The maximum absolute atomic E-state index is 13.2. The molecule has 1 saturated heterocycles. The molecule has 0 amide bonds. The van der Waals surface area contributed by atoms with Crippen LogP contribution >= 0.6 is 23.5 Å². The molecule has 3 unspecified atom stereocenters. The van der Waals surface area contributed by atoms with E-state index in [1.54, 1.807) is 18.8 Å². The summed E-state index contributed by atoms with van der Waals surface area (Å²) in [7, 11) is 1.73. The van der Waals surface area contributed by atoms with Crippen molar-refractivity contribution in [3.05, 3.63) is 29.6 Å². The highest BCUT2D eigenvalue weighted by Gasteiger charge is 2.39. The van der Waals surface area contributed by atoms with Gasteiger partial charge in [0.05, 0.1) is 5.56 Å². The van der Waals surface area contributed by atoms with Crippen molar-refractivity contribution in [2.45, 2.75) is 36.1 Å². The molecule has 1 aliphatic heterocycles. The van der Waals surface area contributed by atoms with Crippen molar-refractivity contribution in [1.29, 1.82) is 0 Å². The van der Waals surface area contributed by atoms with Crippen LogP contribution in [0.3, 0.4) is 0 Å². The molecule has 3 atom stereocenters. The number of pyridine rings is 1. The zero-order valence-electron chi connectivity index (χ0n) is 12.0. The summed E-state index contributed by atoms with van der Waals surface area (Å²) < 4.78 is 39.7. The van der Waals surface area contributed by atoms with Gasteiger partial charge >= 0.3 is 6.18 Å². The minimum absolute atomic E-state index is 0.129. The van der Waals surface area contributed by atoms with Crippen LogP contribution in [0, 0.1) is 0 Å². The van der Waals surface area contributed by atoms with Gasteiger partial charge < -0.3 is 5.32 Å². The second-order valence-corrected chi connectivity index (χ2v) is 7.51. The van der Waals surface area contributed by atoms with Crippen LogP contribution in [0.15, 0.2) is 18.5 Å². The quantitative estimate of drug-likeness (QED) is 0.899. The molecule has 2 nitrogen and oxygen atoms in total. The van der Waals surface area contributed by atoms with Crippen molar-refractivity contribution < 1.29 is 13.2 Å². The number of rotatable bonds is 4. The molecule has 21 heavy (non-hydrogen) atoms. The molecule has 118 valence electrons. The normalized spacial score (nSPS) is 24.8. The predicted octanol–water partition coefficient (Wildman–Crippen LogP) is 3.99. The largest absolute Gasteiger partial charge is 0.416 e. The molecule has 1 fully saturated rings. The standard InChI is InChI=1S/C14H19F3N2S2/c1-3-11-13(21-7-6-20-11)12(18-2)9-8-19-5-4-10(9)14(15,16)17/h4-5,8,11-13,18H,3,6-7H2,1-2H3. The van der Waals surface area contributed by atoms with Gasteiger partial charge in [-0.3, -0.25) is 4.98 Å². The number of alkyl halides is 3. The van der Waals surface area contributed by atoms with Crippen LogP contribution < -0.4 is 5.32 Å². The molecule has 1 N–H and O–H groups in total. The Labute approximate surface area is 131 Å². The van der Waals surface area contributed by atoms with Crippen LogP contribution in [-0.4, -0.2) is 34.0 Å². The number of thioether (sulfide) groups is 2. The van der Waals surface area contributed by atoms with Crippen molar-refractivity contribution in [2.24, 2.45) is 0 Å². The smallest absolute Gasteiger partial charge is 0.312 e. The number of hydrogen-bond acceptors (Lipinski definition) is 4. The Kier molecular flexibility index (Phi) is 5.85. The first-order valence-electron chi connectivity index (χ1n) is 6.90. The van der Waals surface area contributed by atoms with E-state index in [2.05, 4.69) is 17.2 Å². The van der Waals surface area contributed by atoms with Crippen molar-refractivity contribution in [3.63, 3.8) is 0 Å². The Morgan fingerprint density at radius 3 is 2.71 bits per heavy atom. The molecule has 0 bridgehead atoms. The van der Waals surface area contributed by atoms with Gasteiger partial charge in [0.15, 0.2) is 0 Å². The van der Waals surface area contributed by atoms with Crippen molar-refractivity contribution in [1.82, 2.24) is 10.3 Å². The number of aromatic nitrogens is 1.